The molecule has 2 rings (SSSR count). The fraction of sp³-hybridized carbons (Fsp3) is 0. The van der Waals surface area contributed by atoms with Crippen LogP contribution in [0.25, 0.3) is 0 Å². The molecule has 2 aromatic carbocycles. The van der Waals surface area contributed by atoms with Crippen LogP contribution in [0.4, 0.5) is 11.4 Å². The Hall–Kier alpha value is -1.25. The smallest absolute Gasteiger partial charge is 1.00 e. The maximum atomic E-state index is 10.8. The van der Waals surface area contributed by atoms with E-state index >= 15 is 0 Å². The average Bonchev–Trinajstić information content (AvgIpc) is 2.37. The quantitative estimate of drug-likeness (QED) is 0.479. The van der Waals surface area contributed by atoms with Gasteiger partial charge in [-0.2, -0.15) is 18.6 Å². The number of phenols is 1. The summed E-state index contributed by atoms with van der Waals surface area (Å²) >= 11 is 0. The molecule has 8 heteroatoms. The Morgan fingerprint density at radius 1 is 0.850 bits per heavy atom. The number of hydrogen-bond acceptors (Lipinski definition) is 5. The normalized spacial score (nSPS) is 11.2. The predicted octanol–water partition coefficient (Wildman–Crippen LogP) is 0.171. The molecular formula is C12H11N2NaO4S. The average molecular weight is 302 g/mol. The molecule has 0 fully saturated rings. The van der Waals surface area contributed by atoms with Gasteiger partial charge in [0.05, 0.1) is 16.3 Å². The van der Waals surface area contributed by atoms with E-state index in [0.717, 1.165) is 0 Å². The SMILES string of the molecule is O=S(=O)(O)c1ccc(N=Nc2ccc(O)cc2)cc1.[H-].[Na+]. The minimum atomic E-state index is -4.19. The van der Waals surface area contributed by atoms with Gasteiger partial charge in [0, 0.05) is 0 Å². The van der Waals surface area contributed by atoms with Crippen LogP contribution in [0, 0.1) is 0 Å². The van der Waals surface area contributed by atoms with Gasteiger partial charge in [-0.3, -0.25) is 4.55 Å². The Morgan fingerprint density at radius 3 is 1.65 bits per heavy atom. The molecule has 0 saturated carbocycles. The van der Waals surface area contributed by atoms with E-state index in [1.807, 2.05) is 0 Å². The molecule has 0 aromatic heterocycles. The minimum absolute atomic E-state index is 0. The summed E-state index contributed by atoms with van der Waals surface area (Å²) in [6, 6.07) is 11.5. The third-order valence-corrected chi connectivity index (χ3v) is 3.13. The second kappa shape index (κ2) is 6.96. The van der Waals surface area contributed by atoms with Gasteiger partial charge >= 0.3 is 29.6 Å². The molecule has 0 aliphatic carbocycles. The Balaban J connectivity index is 0.00000200. The largest absolute Gasteiger partial charge is 1.00 e. The van der Waals surface area contributed by atoms with Crippen LogP contribution in [-0.2, 0) is 10.1 Å². The zero-order valence-corrected chi connectivity index (χ0v) is 13.4. The Kier molecular flexibility index (Phi) is 5.85. The van der Waals surface area contributed by atoms with Gasteiger partial charge in [0.25, 0.3) is 10.1 Å². The van der Waals surface area contributed by atoms with Crippen LogP contribution in [0.5, 0.6) is 5.75 Å². The van der Waals surface area contributed by atoms with Crippen LogP contribution in [0.1, 0.15) is 1.43 Å². The van der Waals surface area contributed by atoms with Gasteiger partial charge in [-0.05, 0) is 48.5 Å². The number of azo groups is 1. The fourth-order valence-electron chi connectivity index (χ4n) is 1.32. The monoisotopic (exact) mass is 302 g/mol. The number of nitrogens with zero attached hydrogens (tertiary/aromatic N) is 2. The minimum Gasteiger partial charge on any atom is -1.00 e. The molecule has 0 spiro atoms. The summed E-state index contributed by atoms with van der Waals surface area (Å²) in [5.74, 6) is 0.136. The van der Waals surface area contributed by atoms with Crippen molar-refractivity contribution in [1.82, 2.24) is 0 Å². The van der Waals surface area contributed by atoms with E-state index < -0.39 is 10.1 Å². The van der Waals surface area contributed by atoms with Gasteiger partial charge in [0.15, 0.2) is 0 Å². The Labute approximate surface area is 139 Å². The summed E-state index contributed by atoms with van der Waals surface area (Å²) in [7, 11) is -4.19. The van der Waals surface area contributed by atoms with Crippen molar-refractivity contribution in [3.05, 3.63) is 48.5 Å². The first-order valence-corrected chi connectivity index (χ1v) is 6.67. The fourth-order valence-corrected chi connectivity index (χ4v) is 1.80. The third kappa shape index (κ3) is 4.69. The van der Waals surface area contributed by atoms with E-state index in [0.29, 0.717) is 11.4 Å². The van der Waals surface area contributed by atoms with E-state index in [1.54, 1.807) is 12.1 Å². The number of phenolic OH excluding ortho intramolecular Hbond substituents is 1. The number of rotatable bonds is 3. The second-order valence-electron chi connectivity index (χ2n) is 3.69. The summed E-state index contributed by atoms with van der Waals surface area (Å²) in [4.78, 5) is -0.198. The molecule has 0 aliphatic rings. The molecule has 0 amide bonds. The van der Waals surface area contributed by atoms with Crippen LogP contribution in [0.2, 0.25) is 0 Å². The van der Waals surface area contributed by atoms with Crippen molar-refractivity contribution in [1.29, 1.82) is 0 Å². The van der Waals surface area contributed by atoms with Crippen LogP contribution in [-0.4, -0.2) is 18.1 Å². The van der Waals surface area contributed by atoms with Crippen molar-refractivity contribution in [3.63, 3.8) is 0 Å². The molecular weight excluding hydrogens is 291 g/mol. The number of benzene rings is 2. The maximum Gasteiger partial charge on any atom is 1.00 e. The predicted molar refractivity (Wildman–Crippen MR) is 69.7 cm³/mol. The summed E-state index contributed by atoms with van der Waals surface area (Å²) in [5.41, 5.74) is 0.997. The molecule has 0 heterocycles. The third-order valence-electron chi connectivity index (χ3n) is 2.27. The van der Waals surface area contributed by atoms with Crippen molar-refractivity contribution in [2.75, 3.05) is 0 Å². The molecule has 0 aliphatic heterocycles. The molecule has 2 aromatic rings. The van der Waals surface area contributed by atoms with Gasteiger partial charge in [-0.1, -0.05) is 0 Å². The summed E-state index contributed by atoms with van der Waals surface area (Å²) < 4.78 is 30.5. The molecule has 0 bridgehead atoms. The number of aromatic hydroxyl groups is 1. The number of hydrogen-bond donors (Lipinski definition) is 2. The second-order valence-corrected chi connectivity index (χ2v) is 5.11. The Morgan fingerprint density at radius 2 is 1.25 bits per heavy atom. The van der Waals surface area contributed by atoms with E-state index in [1.165, 1.54) is 36.4 Å². The topological polar surface area (TPSA) is 99.3 Å². The van der Waals surface area contributed by atoms with Crippen LogP contribution in [0.15, 0.2) is 63.7 Å². The summed E-state index contributed by atoms with van der Waals surface area (Å²) in [6.07, 6.45) is 0. The molecule has 2 N–H and O–H groups in total. The van der Waals surface area contributed by atoms with E-state index in [9.17, 15) is 8.42 Å². The van der Waals surface area contributed by atoms with Gasteiger partial charge < -0.3 is 6.53 Å². The zero-order valence-electron chi connectivity index (χ0n) is 11.6. The van der Waals surface area contributed by atoms with Crippen LogP contribution < -0.4 is 29.6 Å². The molecule has 0 unspecified atom stereocenters. The summed E-state index contributed by atoms with van der Waals surface area (Å²) in [5, 5.41) is 16.9. The molecule has 20 heavy (non-hydrogen) atoms. The molecule has 6 nitrogen and oxygen atoms in total. The van der Waals surface area contributed by atoms with E-state index in [2.05, 4.69) is 10.2 Å². The first-order chi connectivity index (χ1) is 8.95. The van der Waals surface area contributed by atoms with Gasteiger partial charge in [-0.25, -0.2) is 0 Å². The van der Waals surface area contributed by atoms with E-state index in [-0.39, 0.29) is 41.6 Å². The zero-order chi connectivity index (χ0) is 13.9. The van der Waals surface area contributed by atoms with Gasteiger partial charge in [0.1, 0.15) is 5.75 Å². The van der Waals surface area contributed by atoms with Crippen molar-refractivity contribution >= 4 is 21.5 Å². The van der Waals surface area contributed by atoms with Crippen LogP contribution >= 0.6 is 0 Å². The molecule has 0 atom stereocenters. The van der Waals surface area contributed by atoms with Crippen molar-refractivity contribution < 1.29 is 49.1 Å². The first-order valence-electron chi connectivity index (χ1n) is 5.23. The van der Waals surface area contributed by atoms with Gasteiger partial charge in [-0.15, -0.1) is 0 Å². The molecule has 0 saturated heterocycles. The van der Waals surface area contributed by atoms with E-state index in [4.69, 9.17) is 9.66 Å². The van der Waals surface area contributed by atoms with Crippen molar-refractivity contribution in [2.45, 2.75) is 4.90 Å². The summed E-state index contributed by atoms with van der Waals surface area (Å²) in [6.45, 7) is 0. The molecule has 100 valence electrons. The molecule has 0 radical (unpaired) electrons. The van der Waals surface area contributed by atoms with Crippen molar-refractivity contribution in [3.8, 4) is 5.75 Å². The van der Waals surface area contributed by atoms with Crippen LogP contribution in [0.3, 0.4) is 0 Å². The standard InChI is InChI=1S/C12H10N2O4S.Na.H/c15-11-5-1-9(2-6-11)13-14-10-3-7-12(8-4-10)19(16,17)18;;/h1-8,15H,(H,16,17,18);;/q;+1;-1. The van der Waals surface area contributed by atoms with Gasteiger partial charge in [0.2, 0.25) is 0 Å². The maximum absolute atomic E-state index is 10.8. The Bertz CT molecular complexity index is 703. The first kappa shape index (κ1) is 16.8. The van der Waals surface area contributed by atoms with Crippen molar-refractivity contribution in [2.24, 2.45) is 10.2 Å².